The fraction of sp³-hybridized carbons (Fsp3) is 0.211. The number of nitrogens with one attached hydrogen (secondary N) is 1. The molecule has 26 heavy (non-hydrogen) atoms. The molecule has 3 rings (SSSR count). The second-order valence-corrected chi connectivity index (χ2v) is 8.85. The molecule has 0 amide bonds. The van der Waals surface area contributed by atoms with Gasteiger partial charge in [0.2, 0.25) is 10.0 Å². The van der Waals surface area contributed by atoms with Crippen LogP contribution in [-0.2, 0) is 16.4 Å². The second kappa shape index (κ2) is 7.65. The zero-order valence-corrected chi connectivity index (χ0v) is 16.1. The van der Waals surface area contributed by atoms with Crippen molar-refractivity contribution in [1.29, 1.82) is 0 Å². The Hall–Kier alpha value is -2.09. The van der Waals surface area contributed by atoms with Crippen LogP contribution in [0.5, 0.6) is 0 Å². The fourth-order valence-electron chi connectivity index (χ4n) is 2.57. The Kier molecular flexibility index (Phi) is 5.50. The number of benzene rings is 2. The van der Waals surface area contributed by atoms with Gasteiger partial charge in [0, 0.05) is 17.0 Å². The Morgan fingerprint density at radius 3 is 2.62 bits per heavy atom. The molecule has 3 aromatic rings. The largest absolute Gasteiger partial charge is 0.241 e. The zero-order chi connectivity index (χ0) is 18.7. The van der Waals surface area contributed by atoms with Gasteiger partial charge >= 0.3 is 0 Å². The highest BCUT2D eigenvalue weighted by atomic mass is 32.2. The van der Waals surface area contributed by atoms with Gasteiger partial charge in [-0.25, -0.2) is 22.5 Å². The first-order chi connectivity index (χ1) is 12.3. The molecule has 1 N–H and O–H groups in total. The van der Waals surface area contributed by atoms with Crippen LogP contribution in [0.1, 0.15) is 16.1 Å². The van der Waals surface area contributed by atoms with Crippen molar-refractivity contribution in [3.63, 3.8) is 0 Å². The number of sulfonamides is 1. The molecule has 0 unspecified atom stereocenters. The van der Waals surface area contributed by atoms with Gasteiger partial charge in [0.05, 0.1) is 10.6 Å². The van der Waals surface area contributed by atoms with Gasteiger partial charge in [-0.2, -0.15) is 0 Å². The predicted molar refractivity (Wildman–Crippen MR) is 102 cm³/mol. The molecule has 4 nitrogen and oxygen atoms in total. The standard InChI is InChI=1S/C19H19FN2O2S2/c1-13-5-3-8-17(11-13)26(23,24)21-10-9-18-14(2)22-19(25-18)15-6-4-7-16(20)12-15/h3-8,11-12,21H,9-10H2,1-2H3. The van der Waals surface area contributed by atoms with Crippen molar-refractivity contribution in [3.8, 4) is 10.6 Å². The third-order valence-electron chi connectivity index (χ3n) is 3.91. The molecular weight excluding hydrogens is 371 g/mol. The van der Waals surface area contributed by atoms with Gasteiger partial charge in [-0.15, -0.1) is 11.3 Å². The van der Waals surface area contributed by atoms with E-state index in [1.165, 1.54) is 23.5 Å². The minimum Gasteiger partial charge on any atom is -0.241 e. The summed E-state index contributed by atoms with van der Waals surface area (Å²) in [5.41, 5.74) is 2.46. The zero-order valence-electron chi connectivity index (χ0n) is 14.5. The van der Waals surface area contributed by atoms with E-state index in [0.29, 0.717) is 6.42 Å². The van der Waals surface area contributed by atoms with Crippen molar-refractivity contribution in [1.82, 2.24) is 9.71 Å². The van der Waals surface area contributed by atoms with E-state index in [0.717, 1.165) is 26.7 Å². The molecule has 0 radical (unpaired) electrons. The molecule has 1 heterocycles. The molecule has 0 aliphatic heterocycles. The Balaban J connectivity index is 1.69. The number of nitrogens with zero attached hydrogens (tertiary/aromatic N) is 1. The highest BCUT2D eigenvalue weighted by Crippen LogP contribution is 2.28. The normalized spacial score (nSPS) is 11.7. The highest BCUT2D eigenvalue weighted by Gasteiger charge is 2.15. The Morgan fingerprint density at radius 2 is 1.88 bits per heavy atom. The van der Waals surface area contributed by atoms with E-state index >= 15 is 0 Å². The maximum absolute atomic E-state index is 13.4. The Morgan fingerprint density at radius 1 is 1.12 bits per heavy atom. The lowest BCUT2D eigenvalue weighted by molar-refractivity contribution is 0.581. The van der Waals surface area contributed by atoms with Gasteiger partial charge in [0.1, 0.15) is 10.8 Å². The lowest BCUT2D eigenvalue weighted by atomic mass is 10.2. The lowest BCUT2D eigenvalue weighted by Gasteiger charge is -2.07. The smallest absolute Gasteiger partial charge is 0.240 e. The number of hydrogen-bond donors (Lipinski definition) is 1. The maximum atomic E-state index is 13.4. The molecule has 136 valence electrons. The molecule has 0 saturated carbocycles. The number of halogens is 1. The summed E-state index contributed by atoms with van der Waals surface area (Å²) >= 11 is 1.46. The quantitative estimate of drug-likeness (QED) is 0.690. The number of aromatic nitrogens is 1. The molecule has 0 aliphatic carbocycles. The van der Waals surface area contributed by atoms with Crippen molar-refractivity contribution in [3.05, 3.63) is 70.5 Å². The van der Waals surface area contributed by atoms with E-state index in [2.05, 4.69) is 9.71 Å². The van der Waals surface area contributed by atoms with Crippen LogP contribution < -0.4 is 4.72 Å². The van der Waals surface area contributed by atoms with Crippen molar-refractivity contribution in [2.45, 2.75) is 25.2 Å². The maximum Gasteiger partial charge on any atom is 0.240 e. The average molecular weight is 391 g/mol. The summed E-state index contributed by atoms with van der Waals surface area (Å²) < 4.78 is 40.7. The molecule has 0 fully saturated rings. The molecule has 0 saturated heterocycles. The van der Waals surface area contributed by atoms with Gasteiger partial charge in [-0.3, -0.25) is 0 Å². The van der Waals surface area contributed by atoms with E-state index in [1.807, 2.05) is 26.0 Å². The van der Waals surface area contributed by atoms with E-state index in [4.69, 9.17) is 0 Å². The number of thiazole rings is 1. The monoisotopic (exact) mass is 390 g/mol. The SMILES string of the molecule is Cc1cccc(S(=O)(=O)NCCc2sc(-c3cccc(F)c3)nc2C)c1. The van der Waals surface area contributed by atoms with Crippen LogP contribution in [0.2, 0.25) is 0 Å². The molecular formula is C19H19FN2O2S2. The van der Waals surface area contributed by atoms with Crippen LogP contribution in [0.15, 0.2) is 53.4 Å². The number of aryl methyl sites for hydroxylation is 2. The number of rotatable bonds is 6. The van der Waals surface area contributed by atoms with E-state index in [9.17, 15) is 12.8 Å². The van der Waals surface area contributed by atoms with Crippen LogP contribution >= 0.6 is 11.3 Å². The van der Waals surface area contributed by atoms with E-state index in [1.54, 1.807) is 24.3 Å². The van der Waals surface area contributed by atoms with Crippen LogP contribution in [-0.4, -0.2) is 19.9 Å². The van der Waals surface area contributed by atoms with Gasteiger partial charge in [0.15, 0.2) is 0 Å². The predicted octanol–water partition coefficient (Wildman–Crippen LogP) is 4.09. The molecule has 0 spiro atoms. The summed E-state index contributed by atoms with van der Waals surface area (Å²) in [5, 5.41) is 0.735. The third kappa shape index (κ3) is 4.35. The third-order valence-corrected chi connectivity index (χ3v) is 6.63. The van der Waals surface area contributed by atoms with Crippen LogP contribution in [0.3, 0.4) is 0 Å². The summed E-state index contributed by atoms with van der Waals surface area (Å²) in [6, 6.07) is 13.1. The lowest BCUT2D eigenvalue weighted by Crippen LogP contribution is -2.26. The first-order valence-electron chi connectivity index (χ1n) is 8.14. The highest BCUT2D eigenvalue weighted by molar-refractivity contribution is 7.89. The first kappa shape index (κ1) is 18.7. The van der Waals surface area contributed by atoms with E-state index < -0.39 is 10.0 Å². The van der Waals surface area contributed by atoms with Crippen LogP contribution in [0.4, 0.5) is 4.39 Å². The van der Waals surface area contributed by atoms with Crippen molar-refractivity contribution >= 4 is 21.4 Å². The summed E-state index contributed by atoms with van der Waals surface area (Å²) in [7, 11) is -3.53. The number of hydrogen-bond acceptors (Lipinski definition) is 4. The van der Waals surface area contributed by atoms with Gasteiger partial charge in [-0.05, 0) is 50.1 Å². The van der Waals surface area contributed by atoms with Gasteiger partial charge < -0.3 is 0 Å². The van der Waals surface area contributed by atoms with Gasteiger partial charge in [-0.1, -0.05) is 24.3 Å². The second-order valence-electron chi connectivity index (χ2n) is 6.00. The molecule has 1 aromatic heterocycles. The fourth-order valence-corrected chi connectivity index (χ4v) is 4.76. The molecule has 0 aliphatic rings. The molecule has 0 atom stereocenters. The first-order valence-corrected chi connectivity index (χ1v) is 10.4. The van der Waals surface area contributed by atoms with Crippen molar-refractivity contribution in [2.24, 2.45) is 0 Å². The molecule has 0 bridgehead atoms. The minimum absolute atomic E-state index is 0.263. The van der Waals surface area contributed by atoms with E-state index in [-0.39, 0.29) is 17.3 Å². The van der Waals surface area contributed by atoms with Crippen molar-refractivity contribution in [2.75, 3.05) is 6.54 Å². The minimum atomic E-state index is -3.53. The van der Waals surface area contributed by atoms with Crippen LogP contribution in [0, 0.1) is 19.7 Å². The average Bonchev–Trinajstić information content (AvgIpc) is 2.96. The van der Waals surface area contributed by atoms with Crippen LogP contribution in [0.25, 0.3) is 10.6 Å². The summed E-state index contributed by atoms with van der Waals surface area (Å²) in [5.74, 6) is -0.303. The van der Waals surface area contributed by atoms with Gasteiger partial charge in [0.25, 0.3) is 0 Å². The summed E-state index contributed by atoms with van der Waals surface area (Å²) in [6.07, 6.45) is 0.532. The molecule has 7 heteroatoms. The molecule has 2 aromatic carbocycles. The summed E-state index contributed by atoms with van der Waals surface area (Å²) in [4.78, 5) is 5.73. The topological polar surface area (TPSA) is 59.1 Å². The Labute approximate surface area is 156 Å². The summed E-state index contributed by atoms with van der Waals surface area (Å²) in [6.45, 7) is 4.01. The van der Waals surface area contributed by atoms with Crippen molar-refractivity contribution < 1.29 is 12.8 Å². The Bertz CT molecular complexity index is 1030.